The number of carbonyl (C=O) groups is 1. The molecule has 1 N–H and O–H groups in total. The van der Waals surface area contributed by atoms with Crippen molar-refractivity contribution in [3.05, 3.63) is 10.1 Å². The summed E-state index contributed by atoms with van der Waals surface area (Å²) < 4.78 is 4.92. The van der Waals surface area contributed by atoms with Crippen LogP contribution >= 0.6 is 0 Å². The predicted molar refractivity (Wildman–Crippen MR) is 66.1 cm³/mol. The highest BCUT2D eigenvalue weighted by molar-refractivity contribution is 5.67. The van der Waals surface area contributed by atoms with Crippen molar-refractivity contribution in [3.8, 4) is 0 Å². The Morgan fingerprint density at radius 2 is 2.17 bits per heavy atom. The van der Waals surface area contributed by atoms with Crippen LogP contribution in [0.1, 0.15) is 26.7 Å². The number of rotatable bonds is 5. The first-order valence-corrected chi connectivity index (χ1v) is 6.33. The fourth-order valence-electron chi connectivity index (χ4n) is 1.89. The molecular weight excluding hydrogens is 238 g/mol. The molecule has 1 amide bonds. The largest absolute Gasteiger partial charge is 0.450 e. The lowest BCUT2D eigenvalue weighted by Crippen LogP contribution is -2.47. The van der Waals surface area contributed by atoms with Crippen LogP contribution in [0.2, 0.25) is 0 Å². The van der Waals surface area contributed by atoms with Gasteiger partial charge in [-0.3, -0.25) is 10.1 Å². The number of nitro groups is 1. The molecule has 1 heterocycles. The Morgan fingerprint density at radius 3 is 2.67 bits per heavy atom. The number of piperidine rings is 1. The molecule has 0 aromatic heterocycles. The molecule has 0 saturated carbocycles. The highest BCUT2D eigenvalue weighted by Crippen LogP contribution is 2.11. The van der Waals surface area contributed by atoms with Crippen molar-refractivity contribution in [3.63, 3.8) is 0 Å². The van der Waals surface area contributed by atoms with E-state index in [1.807, 2.05) is 0 Å². The number of nitrogens with one attached hydrogen (secondary N) is 1. The minimum atomic E-state index is -0.576. The lowest BCUT2D eigenvalue weighted by molar-refractivity contribution is -0.516. The number of amides is 1. The zero-order valence-electron chi connectivity index (χ0n) is 10.9. The summed E-state index contributed by atoms with van der Waals surface area (Å²) in [6.07, 6.45) is 1.35. The predicted octanol–water partition coefficient (Wildman–Crippen LogP) is 0.862. The van der Waals surface area contributed by atoms with E-state index in [-0.39, 0.29) is 17.1 Å². The molecule has 1 saturated heterocycles. The molecule has 0 aliphatic carbocycles. The van der Waals surface area contributed by atoms with Gasteiger partial charge in [-0.2, -0.15) is 0 Å². The summed E-state index contributed by atoms with van der Waals surface area (Å²) in [5.41, 5.74) is 0. The number of hydrogen-bond acceptors (Lipinski definition) is 5. The molecule has 18 heavy (non-hydrogen) atoms. The van der Waals surface area contributed by atoms with Crippen molar-refractivity contribution < 1.29 is 14.5 Å². The van der Waals surface area contributed by atoms with Gasteiger partial charge >= 0.3 is 6.09 Å². The maximum atomic E-state index is 11.5. The number of likely N-dealkylation sites (tertiary alicyclic amines) is 1. The van der Waals surface area contributed by atoms with Crippen LogP contribution in [0.4, 0.5) is 4.79 Å². The molecule has 0 bridgehead atoms. The van der Waals surface area contributed by atoms with Crippen molar-refractivity contribution >= 4 is 6.09 Å². The Morgan fingerprint density at radius 1 is 1.56 bits per heavy atom. The van der Waals surface area contributed by atoms with E-state index in [4.69, 9.17) is 4.74 Å². The standard InChI is InChI=1S/C11H21N3O4/c1-3-18-11(15)13-6-4-10(5-7-13)12-8-9(2)14(16)17/h9-10,12H,3-8H2,1-2H3. The van der Waals surface area contributed by atoms with Gasteiger partial charge < -0.3 is 15.0 Å². The molecule has 0 radical (unpaired) electrons. The van der Waals surface area contributed by atoms with Crippen LogP contribution in [-0.4, -0.2) is 54.2 Å². The first kappa shape index (κ1) is 14.7. The summed E-state index contributed by atoms with van der Waals surface area (Å²) in [5, 5.41) is 13.7. The molecule has 1 fully saturated rings. The van der Waals surface area contributed by atoms with E-state index in [1.165, 1.54) is 0 Å². The fraction of sp³-hybridized carbons (Fsp3) is 0.909. The Bertz CT molecular complexity index is 290. The molecule has 0 spiro atoms. The third-order valence-corrected chi connectivity index (χ3v) is 3.08. The summed E-state index contributed by atoms with van der Waals surface area (Å²) in [6, 6.07) is -0.328. The summed E-state index contributed by atoms with van der Waals surface area (Å²) in [6.45, 7) is 5.41. The highest BCUT2D eigenvalue weighted by atomic mass is 16.6. The van der Waals surface area contributed by atoms with Gasteiger partial charge in [-0.05, 0) is 19.8 Å². The van der Waals surface area contributed by atoms with Gasteiger partial charge in [0, 0.05) is 31.0 Å². The Hall–Kier alpha value is -1.37. The summed E-state index contributed by atoms with van der Waals surface area (Å²) in [4.78, 5) is 23.3. The molecular formula is C11H21N3O4. The Labute approximate surface area is 107 Å². The highest BCUT2D eigenvalue weighted by Gasteiger charge is 2.24. The molecule has 104 valence electrons. The zero-order chi connectivity index (χ0) is 13.5. The van der Waals surface area contributed by atoms with Crippen molar-refractivity contribution in [1.82, 2.24) is 10.2 Å². The molecule has 7 nitrogen and oxygen atoms in total. The number of carbonyl (C=O) groups excluding carboxylic acids is 1. The quantitative estimate of drug-likeness (QED) is 0.584. The molecule has 0 aromatic carbocycles. The Balaban J connectivity index is 2.23. The van der Waals surface area contributed by atoms with E-state index in [1.54, 1.807) is 18.7 Å². The fourth-order valence-corrected chi connectivity index (χ4v) is 1.89. The van der Waals surface area contributed by atoms with Crippen LogP contribution in [-0.2, 0) is 4.74 Å². The molecule has 1 rings (SSSR count). The summed E-state index contributed by atoms with van der Waals surface area (Å²) >= 11 is 0. The van der Waals surface area contributed by atoms with Gasteiger partial charge in [-0.15, -0.1) is 0 Å². The van der Waals surface area contributed by atoms with Crippen LogP contribution in [0.5, 0.6) is 0 Å². The van der Waals surface area contributed by atoms with Gasteiger partial charge in [-0.25, -0.2) is 4.79 Å². The van der Waals surface area contributed by atoms with Crippen LogP contribution in [0.25, 0.3) is 0 Å². The van der Waals surface area contributed by atoms with Gasteiger partial charge in [0.2, 0.25) is 6.04 Å². The average Bonchev–Trinajstić information content (AvgIpc) is 2.36. The molecule has 1 aliphatic rings. The maximum Gasteiger partial charge on any atom is 0.409 e. The second kappa shape index (κ2) is 7.15. The van der Waals surface area contributed by atoms with Crippen molar-refractivity contribution in [2.24, 2.45) is 0 Å². The van der Waals surface area contributed by atoms with E-state index >= 15 is 0 Å². The van der Waals surface area contributed by atoms with Gasteiger partial charge in [0.05, 0.1) is 13.2 Å². The smallest absolute Gasteiger partial charge is 0.409 e. The lowest BCUT2D eigenvalue weighted by Gasteiger charge is -2.31. The van der Waals surface area contributed by atoms with Gasteiger partial charge in [0.1, 0.15) is 0 Å². The van der Waals surface area contributed by atoms with E-state index in [0.29, 0.717) is 26.2 Å². The summed E-state index contributed by atoms with van der Waals surface area (Å²) in [5.74, 6) is 0. The molecule has 1 atom stereocenters. The third-order valence-electron chi connectivity index (χ3n) is 3.08. The Kier molecular flexibility index (Phi) is 5.84. The maximum absolute atomic E-state index is 11.5. The number of ether oxygens (including phenoxy) is 1. The van der Waals surface area contributed by atoms with E-state index in [9.17, 15) is 14.9 Å². The third kappa shape index (κ3) is 4.48. The van der Waals surface area contributed by atoms with Crippen molar-refractivity contribution in [1.29, 1.82) is 0 Å². The number of hydrogen-bond donors (Lipinski definition) is 1. The molecule has 0 aromatic rings. The van der Waals surface area contributed by atoms with Crippen LogP contribution in [0.3, 0.4) is 0 Å². The molecule has 1 aliphatic heterocycles. The van der Waals surface area contributed by atoms with Gasteiger partial charge in [-0.1, -0.05) is 0 Å². The first-order valence-electron chi connectivity index (χ1n) is 6.33. The van der Waals surface area contributed by atoms with Crippen LogP contribution < -0.4 is 5.32 Å². The monoisotopic (exact) mass is 259 g/mol. The van der Waals surface area contributed by atoms with E-state index < -0.39 is 6.04 Å². The summed E-state index contributed by atoms with van der Waals surface area (Å²) in [7, 11) is 0. The number of nitrogens with zero attached hydrogens (tertiary/aromatic N) is 2. The molecule has 1 unspecified atom stereocenters. The van der Waals surface area contributed by atoms with Gasteiger partial charge in [0.25, 0.3) is 0 Å². The lowest BCUT2D eigenvalue weighted by atomic mass is 10.1. The average molecular weight is 259 g/mol. The van der Waals surface area contributed by atoms with Crippen molar-refractivity contribution in [2.75, 3.05) is 26.2 Å². The van der Waals surface area contributed by atoms with E-state index in [2.05, 4.69) is 5.32 Å². The first-order chi connectivity index (χ1) is 8.54. The van der Waals surface area contributed by atoms with Crippen LogP contribution in [0.15, 0.2) is 0 Å². The second-order valence-electron chi connectivity index (χ2n) is 4.50. The second-order valence-corrected chi connectivity index (χ2v) is 4.50. The van der Waals surface area contributed by atoms with Gasteiger partial charge in [0.15, 0.2) is 0 Å². The zero-order valence-corrected chi connectivity index (χ0v) is 10.9. The van der Waals surface area contributed by atoms with E-state index in [0.717, 1.165) is 12.8 Å². The minimum Gasteiger partial charge on any atom is -0.450 e. The normalized spacial score (nSPS) is 18.4. The van der Waals surface area contributed by atoms with Crippen molar-refractivity contribution in [2.45, 2.75) is 38.8 Å². The topological polar surface area (TPSA) is 84.7 Å². The minimum absolute atomic E-state index is 0.248. The SMILES string of the molecule is CCOC(=O)N1CCC(NCC(C)[N+](=O)[O-])CC1. The van der Waals surface area contributed by atoms with Crippen LogP contribution in [0, 0.1) is 10.1 Å². The molecule has 7 heteroatoms.